The number of nitrogens with two attached hydrogens (primary N) is 1. The normalized spacial score (nSPS) is 13.3. The Kier molecular flexibility index (Phi) is 3.37. The van der Waals surface area contributed by atoms with Crippen LogP contribution in [0.25, 0.3) is 0 Å². The zero-order chi connectivity index (χ0) is 8.10. The Balaban J connectivity index is 2.56. The standard InChI is InChI=1S/C5H10N4OS/c1-10-2-4(7-6)5-3-11-9-8-5/h3-4,7H,2,6H2,1H3. The molecule has 1 aromatic heterocycles. The smallest absolute Gasteiger partial charge is 0.0961 e. The predicted molar refractivity (Wildman–Crippen MR) is 41.8 cm³/mol. The number of aromatic nitrogens is 2. The van der Waals surface area contributed by atoms with Crippen LogP contribution >= 0.6 is 11.5 Å². The number of hydrogen-bond donors (Lipinski definition) is 2. The van der Waals surface area contributed by atoms with Gasteiger partial charge in [-0.25, -0.2) is 5.43 Å². The van der Waals surface area contributed by atoms with Gasteiger partial charge in [-0.05, 0) is 11.5 Å². The average Bonchev–Trinajstić information content (AvgIpc) is 2.52. The summed E-state index contributed by atoms with van der Waals surface area (Å²) >= 11 is 1.30. The van der Waals surface area contributed by atoms with E-state index in [2.05, 4.69) is 15.0 Å². The van der Waals surface area contributed by atoms with Crippen LogP contribution in [-0.4, -0.2) is 23.3 Å². The van der Waals surface area contributed by atoms with E-state index < -0.39 is 0 Å². The molecule has 62 valence electrons. The summed E-state index contributed by atoms with van der Waals surface area (Å²) in [7, 11) is 1.62. The van der Waals surface area contributed by atoms with Gasteiger partial charge in [-0.3, -0.25) is 5.84 Å². The number of ether oxygens (including phenoxy) is 1. The molecule has 0 saturated carbocycles. The molecule has 1 atom stereocenters. The molecular weight excluding hydrogens is 164 g/mol. The maximum absolute atomic E-state index is 5.26. The molecule has 0 bridgehead atoms. The molecule has 5 nitrogen and oxygen atoms in total. The SMILES string of the molecule is COCC(NN)c1csnn1. The Morgan fingerprint density at radius 3 is 3.18 bits per heavy atom. The van der Waals surface area contributed by atoms with Gasteiger partial charge in [-0.1, -0.05) is 4.49 Å². The third-order valence-corrected chi connectivity index (χ3v) is 1.79. The summed E-state index contributed by atoms with van der Waals surface area (Å²) in [5.41, 5.74) is 3.40. The van der Waals surface area contributed by atoms with Gasteiger partial charge in [-0.15, -0.1) is 5.10 Å². The van der Waals surface area contributed by atoms with Crippen LogP contribution in [0.3, 0.4) is 0 Å². The van der Waals surface area contributed by atoms with Crippen molar-refractivity contribution in [3.63, 3.8) is 0 Å². The second-order valence-corrected chi connectivity index (χ2v) is 2.61. The highest BCUT2D eigenvalue weighted by Gasteiger charge is 2.10. The highest BCUT2D eigenvalue weighted by atomic mass is 32.1. The molecule has 1 unspecified atom stereocenters. The van der Waals surface area contributed by atoms with Gasteiger partial charge >= 0.3 is 0 Å². The van der Waals surface area contributed by atoms with E-state index >= 15 is 0 Å². The summed E-state index contributed by atoms with van der Waals surface area (Å²) in [6, 6.07) is -0.0567. The van der Waals surface area contributed by atoms with Gasteiger partial charge in [0.05, 0.1) is 18.3 Å². The monoisotopic (exact) mass is 174 g/mol. The molecule has 0 aromatic carbocycles. The van der Waals surface area contributed by atoms with Crippen molar-refractivity contribution in [1.29, 1.82) is 0 Å². The summed E-state index contributed by atoms with van der Waals surface area (Å²) in [6.45, 7) is 0.502. The molecule has 3 N–H and O–H groups in total. The van der Waals surface area contributed by atoms with Gasteiger partial charge in [0.15, 0.2) is 0 Å². The zero-order valence-electron chi connectivity index (χ0n) is 6.15. The van der Waals surface area contributed by atoms with Crippen LogP contribution < -0.4 is 11.3 Å². The molecule has 0 aliphatic heterocycles. The number of hydrogen-bond acceptors (Lipinski definition) is 6. The topological polar surface area (TPSA) is 73.1 Å². The Morgan fingerprint density at radius 1 is 1.91 bits per heavy atom. The molecule has 0 saturated heterocycles. The van der Waals surface area contributed by atoms with Crippen LogP contribution in [0, 0.1) is 0 Å². The number of nitrogens with one attached hydrogen (secondary N) is 1. The van der Waals surface area contributed by atoms with E-state index in [9.17, 15) is 0 Å². The van der Waals surface area contributed by atoms with Crippen LogP contribution in [0.5, 0.6) is 0 Å². The van der Waals surface area contributed by atoms with E-state index in [1.165, 1.54) is 11.5 Å². The van der Waals surface area contributed by atoms with Crippen LogP contribution in [0.4, 0.5) is 0 Å². The molecule has 1 rings (SSSR count). The molecule has 0 fully saturated rings. The summed E-state index contributed by atoms with van der Waals surface area (Å²) in [5.74, 6) is 5.26. The van der Waals surface area contributed by atoms with Crippen molar-refractivity contribution in [3.05, 3.63) is 11.1 Å². The van der Waals surface area contributed by atoms with Gasteiger partial charge in [-0.2, -0.15) is 0 Å². The lowest BCUT2D eigenvalue weighted by molar-refractivity contribution is 0.166. The molecule has 11 heavy (non-hydrogen) atoms. The van der Waals surface area contributed by atoms with E-state index in [0.29, 0.717) is 6.61 Å². The number of hydrazine groups is 1. The van der Waals surface area contributed by atoms with E-state index in [-0.39, 0.29) is 6.04 Å². The first kappa shape index (κ1) is 8.54. The Labute approximate surface area is 68.7 Å². The molecule has 1 heterocycles. The lowest BCUT2D eigenvalue weighted by Crippen LogP contribution is -2.31. The molecule has 6 heteroatoms. The minimum absolute atomic E-state index is 0.0567. The van der Waals surface area contributed by atoms with Gasteiger partial charge in [0.1, 0.15) is 0 Å². The first-order chi connectivity index (χ1) is 5.38. The fourth-order valence-corrected chi connectivity index (χ4v) is 1.22. The fraction of sp³-hybridized carbons (Fsp3) is 0.600. The van der Waals surface area contributed by atoms with Crippen molar-refractivity contribution in [2.75, 3.05) is 13.7 Å². The zero-order valence-corrected chi connectivity index (χ0v) is 6.97. The van der Waals surface area contributed by atoms with Crippen LogP contribution in [0.2, 0.25) is 0 Å². The lowest BCUT2D eigenvalue weighted by atomic mass is 10.2. The Hall–Kier alpha value is -0.560. The van der Waals surface area contributed by atoms with Gasteiger partial charge in [0, 0.05) is 12.5 Å². The predicted octanol–water partition coefficient (Wildman–Crippen LogP) is -0.311. The van der Waals surface area contributed by atoms with Gasteiger partial charge < -0.3 is 4.74 Å². The maximum atomic E-state index is 5.26. The van der Waals surface area contributed by atoms with Crippen molar-refractivity contribution in [2.24, 2.45) is 5.84 Å². The van der Waals surface area contributed by atoms with Crippen molar-refractivity contribution in [2.45, 2.75) is 6.04 Å². The lowest BCUT2D eigenvalue weighted by Gasteiger charge is -2.10. The van der Waals surface area contributed by atoms with E-state index in [1.54, 1.807) is 7.11 Å². The first-order valence-electron chi connectivity index (χ1n) is 3.10. The highest BCUT2D eigenvalue weighted by Crippen LogP contribution is 2.09. The third kappa shape index (κ3) is 2.19. The maximum Gasteiger partial charge on any atom is 0.0961 e. The summed E-state index contributed by atoms with van der Waals surface area (Å²) in [4.78, 5) is 0. The average molecular weight is 174 g/mol. The second kappa shape index (κ2) is 4.35. The highest BCUT2D eigenvalue weighted by molar-refractivity contribution is 7.03. The third-order valence-electron chi connectivity index (χ3n) is 1.27. The Morgan fingerprint density at radius 2 is 2.73 bits per heavy atom. The minimum atomic E-state index is -0.0567. The molecule has 0 radical (unpaired) electrons. The molecule has 0 aliphatic rings. The Bertz CT molecular complexity index is 190. The van der Waals surface area contributed by atoms with Crippen molar-refractivity contribution >= 4 is 11.5 Å². The van der Waals surface area contributed by atoms with Crippen LogP contribution in [0.15, 0.2) is 5.38 Å². The second-order valence-electron chi connectivity index (χ2n) is 2.00. The molecule has 0 amide bonds. The molecule has 0 spiro atoms. The van der Waals surface area contributed by atoms with Crippen molar-refractivity contribution < 1.29 is 4.74 Å². The number of methoxy groups -OCH3 is 1. The molecular formula is C5H10N4OS. The summed E-state index contributed by atoms with van der Waals surface area (Å²) < 4.78 is 8.63. The first-order valence-corrected chi connectivity index (χ1v) is 3.94. The fourth-order valence-electron chi connectivity index (χ4n) is 0.709. The minimum Gasteiger partial charge on any atom is -0.383 e. The van der Waals surface area contributed by atoms with E-state index in [4.69, 9.17) is 10.6 Å². The number of rotatable bonds is 4. The van der Waals surface area contributed by atoms with Crippen LogP contribution in [0.1, 0.15) is 11.7 Å². The molecule has 1 aromatic rings. The number of nitrogens with zero attached hydrogens (tertiary/aromatic N) is 2. The van der Waals surface area contributed by atoms with Gasteiger partial charge in [0.25, 0.3) is 0 Å². The van der Waals surface area contributed by atoms with E-state index in [0.717, 1.165) is 5.69 Å². The van der Waals surface area contributed by atoms with Gasteiger partial charge in [0.2, 0.25) is 0 Å². The quantitative estimate of drug-likeness (QED) is 0.484. The van der Waals surface area contributed by atoms with E-state index in [1.807, 2.05) is 5.38 Å². The van der Waals surface area contributed by atoms with Crippen molar-refractivity contribution in [3.8, 4) is 0 Å². The van der Waals surface area contributed by atoms with Crippen LogP contribution in [-0.2, 0) is 4.74 Å². The summed E-state index contributed by atoms with van der Waals surface area (Å²) in [5, 5.41) is 5.69. The van der Waals surface area contributed by atoms with Crippen molar-refractivity contribution in [1.82, 2.24) is 15.0 Å². The molecule has 0 aliphatic carbocycles. The summed E-state index contributed by atoms with van der Waals surface area (Å²) in [6.07, 6.45) is 0. The largest absolute Gasteiger partial charge is 0.383 e.